The summed E-state index contributed by atoms with van der Waals surface area (Å²) >= 11 is 0. The number of esters is 1. The maximum Gasteiger partial charge on any atom is 0.308 e. The fraction of sp³-hybridized carbons (Fsp3) is 0.167. The van der Waals surface area contributed by atoms with Gasteiger partial charge in [-0.1, -0.05) is 54.6 Å². The highest BCUT2D eigenvalue weighted by Crippen LogP contribution is 2.40. The lowest BCUT2D eigenvalue weighted by atomic mass is 9.95. The largest absolute Gasteiger partial charge is 0.493 e. The van der Waals surface area contributed by atoms with Crippen molar-refractivity contribution < 1.29 is 23.8 Å². The average molecular weight is 495 g/mol. The van der Waals surface area contributed by atoms with Crippen LogP contribution in [0, 0.1) is 0 Å². The first-order valence-corrected chi connectivity index (χ1v) is 11.9. The Hall–Kier alpha value is -4.65. The number of amides is 1. The van der Waals surface area contributed by atoms with Crippen LogP contribution in [0.5, 0.6) is 17.2 Å². The van der Waals surface area contributed by atoms with Gasteiger partial charge in [0.2, 0.25) is 0 Å². The zero-order valence-electron chi connectivity index (χ0n) is 20.8. The van der Waals surface area contributed by atoms with E-state index in [1.165, 1.54) is 11.9 Å². The van der Waals surface area contributed by atoms with Gasteiger partial charge in [-0.05, 0) is 41.3 Å². The number of carbonyl (C=O) groups is 2. The third-order valence-electron chi connectivity index (χ3n) is 6.37. The molecule has 1 heterocycles. The lowest BCUT2D eigenvalue weighted by molar-refractivity contribution is -0.131. The van der Waals surface area contributed by atoms with E-state index in [0.29, 0.717) is 40.5 Å². The number of rotatable bonds is 6. The Balaban J connectivity index is 1.64. The van der Waals surface area contributed by atoms with Crippen molar-refractivity contribution >= 4 is 28.4 Å². The smallest absolute Gasteiger partial charge is 0.308 e. The molecule has 0 fully saturated rings. The van der Waals surface area contributed by atoms with Gasteiger partial charge in [-0.15, -0.1) is 0 Å². The Bertz CT molecular complexity index is 1510. The topological polar surface area (TPSA) is 77.4 Å². The Morgan fingerprint density at radius 1 is 0.865 bits per heavy atom. The molecule has 4 aromatic rings. The molecule has 0 aromatic heterocycles. The van der Waals surface area contributed by atoms with Crippen LogP contribution in [-0.2, 0) is 4.79 Å². The predicted octanol–water partition coefficient (Wildman–Crippen LogP) is 5.77. The van der Waals surface area contributed by atoms with E-state index in [2.05, 4.69) is 0 Å². The molecule has 7 heteroatoms. The van der Waals surface area contributed by atoms with Crippen molar-refractivity contribution in [3.63, 3.8) is 0 Å². The van der Waals surface area contributed by atoms with E-state index >= 15 is 0 Å². The van der Waals surface area contributed by atoms with Crippen LogP contribution >= 0.6 is 0 Å². The monoisotopic (exact) mass is 494 g/mol. The number of hydrazone groups is 1. The van der Waals surface area contributed by atoms with Crippen molar-refractivity contribution in [2.45, 2.75) is 19.4 Å². The van der Waals surface area contributed by atoms with Crippen LogP contribution in [-0.4, -0.2) is 36.8 Å². The highest BCUT2D eigenvalue weighted by molar-refractivity contribution is 6.10. The molecule has 0 saturated heterocycles. The van der Waals surface area contributed by atoms with Crippen molar-refractivity contribution in [2.24, 2.45) is 5.10 Å². The van der Waals surface area contributed by atoms with Crippen molar-refractivity contribution in [2.75, 3.05) is 14.2 Å². The van der Waals surface area contributed by atoms with Gasteiger partial charge in [0, 0.05) is 29.9 Å². The van der Waals surface area contributed by atoms with Crippen LogP contribution in [0.25, 0.3) is 10.8 Å². The molecule has 1 atom stereocenters. The second-order valence-corrected chi connectivity index (χ2v) is 8.65. The Labute approximate surface area is 214 Å². The Morgan fingerprint density at radius 3 is 2.32 bits per heavy atom. The summed E-state index contributed by atoms with van der Waals surface area (Å²) in [5, 5.41) is 8.04. The molecule has 1 aliphatic rings. The van der Waals surface area contributed by atoms with Gasteiger partial charge in [0.25, 0.3) is 5.91 Å². The predicted molar refractivity (Wildman–Crippen MR) is 141 cm³/mol. The molecular weight excluding hydrogens is 468 g/mol. The number of ether oxygens (including phenoxy) is 3. The van der Waals surface area contributed by atoms with E-state index in [-0.39, 0.29) is 5.91 Å². The van der Waals surface area contributed by atoms with Gasteiger partial charge >= 0.3 is 5.97 Å². The highest BCUT2D eigenvalue weighted by atomic mass is 16.5. The minimum Gasteiger partial charge on any atom is -0.493 e. The summed E-state index contributed by atoms with van der Waals surface area (Å²) in [5.41, 5.74) is 2.68. The van der Waals surface area contributed by atoms with Crippen LogP contribution in [0.15, 0.2) is 90.0 Å². The molecule has 1 unspecified atom stereocenters. The molecule has 5 rings (SSSR count). The molecule has 0 spiro atoms. The molecular formula is C30H26N2O5. The van der Waals surface area contributed by atoms with Crippen molar-refractivity contribution in [1.82, 2.24) is 5.01 Å². The molecule has 4 aromatic carbocycles. The third kappa shape index (κ3) is 4.63. The maximum atomic E-state index is 13.6. The van der Waals surface area contributed by atoms with Crippen LogP contribution < -0.4 is 14.2 Å². The van der Waals surface area contributed by atoms with Gasteiger partial charge < -0.3 is 14.2 Å². The summed E-state index contributed by atoms with van der Waals surface area (Å²) in [5.74, 6) is 0.935. The summed E-state index contributed by atoms with van der Waals surface area (Å²) in [4.78, 5) is 25.7. The van der Waals surface area contributed by atoms with Gasteiger partial charge in [-0.25, -0.2) is 5.01 Å². The minimum atomic E-state index is -0.426. The first-order chi connectivity index (χ1) is 18.0. The van der Waals surface area contributed by atoms with E-state index < -0.39 is 12.0 Å². The maximum absolute atomic E-state index is 13.6. The van der Waals surface area contributed by atoms with Gasteiger partial charge in [-0.2, -0.15) is 5.10 Å². The highest BCUT2D eigenvalue weighted by Gasteiger charge is 2.35. The summed E-state index contributed by atoms with van der Waals surface area (Å²) in [6, 6.07) is 25.8. The second kappa shape index (κ2) is 10.1. The second-order valence-electron chi connectivity index (χ2n) is 8.65. The lowest BCUT2D eigenvalue weighted by Crippen LogP contribution is -2.27. The molecule has 1 aliphatic heterocycles. The van der Waals surface area contributed by atoms with Crippen LogP contribution in [0.3, 0.4) is 0 Å². The normalized spacial score (nSPS) is 14.8. The number of hydrogen-bond acceptors (Lipinski definition) is 6. The first-order valence-electron chi connectivity index (χ1n) is 11.9. The minimum absolute atomic E-state index is 0.231. The van der Waals surface area contributed by atoms with Crippen LogP contribution in [0.1, 0.15) is 40.9 Å². The fourth-order valence-corrected chi connectivity index (χ4v) is 4.62. The Morgan fingerprint density at radius 2 is 1.59 bits per heavy atom. The van der Waals surface area contributed by atoms with Crippen LogP contribution in [0.4, 0.5) is 0 Å². The van der Waals surface area contributed by atoms with Crippen molar-refractivity contribution in [1.29, 1.82) is 0 Å². The van der Waals surface area contributed by atoms with Crippen molar-refractivity contribution in [3.8, 4) is 17.2 Å². The summed E-state index contributed by atoms with van der Waals surface area (Å²) in [6.07, 6.45) is 0.417. The summed E-state index contributed by atoms with van der Waals surface area (Å²) < 4.78 is 16.6. The molecule has 1 amide bonds. The van der Waals surface area contributed by atoms with Gasteiger partial charge in [0.05, 0.1) is 26.0 Å². The summed E-state index contributed by atoms with van der Waals surface area (Å²) in [7, 11) is 3.15. The molecule has 186 valence electrons. The molecule has 37 heavy (non-hydrogen) atoms. The van der Waals surface area contributed by atoms with E-state index in [9.17, 15) is 9.59 Å². The van der Waals surface area contributed by atoms with E-state index in [1.54, 1.807) is 26.4 Å². The molecule has 0 saturated carbocycles. The number of carbonyl (C=O) groups excluding carboxylic acids is 2. The zero-order valence-corrected chi connectivity index (χ0v) is 20.8. The molecule has 0 radical (unpaired) electrons. The quantitative estimate of drug-likeness (QED) is 0.251. The van der Waals surface area contributed by atoms with Gasteiger partial charge in [0.15, 0.2) is 11.5 Å². The summed E-state index contributed by atoms with van der Waals surface area (Å²) in [6.45, 7) is 1.37. The molecule has 0 bridgehead atoms. The SMILES string of the molecule is COc1ccc(C2CC(c3ccc4ccccc4c3OC(C)=O)=NN2C(=O)c2ccccc2)cc1OC. The first kappa shape index (κ1) is 24.1. The molecule has 7 nitrogen and oxygen atoms in total. The standard InChI is InChI=1S/C30H26N2O5/c1-19(33)37-29-23-12-8-7-9-20(23)13-15-24(29)25-18-26(22-14-16-27(35-2)28(17-22)36-3)32(31-25)30(34)21-10-5-4-6-11-21/h4-17,26H,18H2,1-3H3. The number of nitrogens with zero attached hydrogens (tertiary/aromatic N) is 2. The number of fused-ring (bicyclic) bond motifs is 1. The van der Waals surface area contributed by atoms with Crippen LogP contribution in [0.2, 0.25) is 0 Å². The molecule has 0 N–H and O–H groups in total. The number of benzene rings is 4. The van der Waals surface area contributed by atoms with Gasteiger partial charge in [0.1, 0.15) is 5.75 Å². The van der Waals surface area contributed by atoms with E-state index in [1.807, 2.05) is 72.8 Å². The Kier molecular flexibility index (Phi) is 6.60. The lowest BCUT2D eigenvalue weighted by Gasteiger charge is -2.23. The molecule has 0 aliphatic carbocycles. The zero-order chi connectivity index (χ0) is 25.9. The number of methoxy groups -OCH3 is 2. The number of hydrogen-bond donors (Lipinski definition) is 0. The van der Waals surface area contributed by atoms with Gasteiger partial charge in [-0.3, -0.25) is 9.59 Å². The van der Waals surface area contributed by atoms with Crippen molar-refractivity contribution in [3.05, 3.63) is 102 Å². The average Bonchev–Trinajstić information content (AvgIpc) is 3.38. The third-order valence-corrected chi connectivity index (χ3v) is 6.37. The van der Waals surface area contributed by atoms with E-state index in [4.69, 9.17) is 19.3 Å². The fourth-order valence-electron chi connectivity index (χ4n) is 4.62. The van der Waals surface area contributed by atoms with E-state index in [0.717, 1.165) is 16.3 Å².